The normalized spacial score (nSPS) is 25.4. The standard InChI is InChI=1S/C22H20O10/c1-29-11-6-4-5-10(9-11)18-19(14(23)12-7-2-3-8-13(12)30-18)31-22-17(26)15(24)16(25)20(32-22)21(27)28/h2-9,15-17,20,22,24-26H,1H3,(H,27,28)/t15-,16-,17+,20-,22?/m0/s1. The summed E-state index contributed by atoms with van der Waals surface area (Å²) >= 11 is 0. The van der Waals surface area contributed by atoms with Crippen LogP contribution in [0.1, 0.15) is 0 Å². The van der Waals surface area contributed by atoms with Crippen molar-refractivity contribution < 1.29 is 43.8 Å². The van der Waals surface area contributed by atoms with Crippen LogP contribution in [0, 0.1) is 0 Å². The minimum Gasteiger partial charge on any atom is -0.497 e. The summed E-state index contributed by atoms with van der Waals surface area (Å²) in [6.45, 7) is 0. The molecule has 4 N–H and O–H groups in total. The second kappa shape index (κ2) is 8.60. The number of aliphatic carboxylic acids is 1. The van der Waals surface area contributed by atoms with Crippen LogP contribution in [-0.4, -0.2) is 64.2 Å². The Morgan fingerprint density at radius 2 is 1.75 bits per heavy atom. The van der Waals surface area contributed by atoms with E-state index in [2.05, 4.69) is 0 Å². The molecule has 0 spiro atoms. The van der Waals surface area contributed by atoms with E-state index < -0.39 is 42.1 Å². The molecule has 4 rings (SSSR count). The van der Waals surface area contributed by atoms with Crippen LogP contribution in [0.2, 0.25) is 0 Å². The zero-order chi connectivity index (χ0) is 23.0. The average Bonchev–Trinajstić information content (AvgIpc) is 2.80. The summed E-state index contributed by atoms with van der Waals surface area (Å²) in [5.41, 5.74) is 0.0717. The second-order valence-electron chi connectivity index (χ2n) is 7.17. The number of aliphatic hydroxyl groups is 3. The van der Waals surface area contributed by atoms with Gasteiger partial charge in [-0.05, 0) is 24.3 Å². The van der Waals surface area contributed by atoms with Gasteiger partial charge in [-0.3, -0.25) is 4.79 Å². The maximum Gasteiger partial charge on any atom is 0.335 e. The van der Waals surface area contributed by atoms with E-state index in [1.165, 1.54) is 13.2 Å². The van der Waals surface area contributed by atoms with E-state index in [1.54, 1.807) is 42.5 Å². The van der Waals surface area contributed by atoms with Crippen molar-refractivity contribution in [2.24, 2.45) is 0 Å². The lowest BCUT2D eigenvalue weighted by Gasteiger charge is -2.38. The molecule has 1 unspecified atom stereocenters. The second-order valence-corrected chi connectivity index (χ2v) is 7.17. The molecular weight excluding hydrogens is 424 g/mol. The van der Waals surface area contributed by atoms with E-state index in [9.17, 15) is 30.0 Å². The molecule has 10 heteroatoms. The van der Waals surface area contributed by atoms with Gasteiger partial charge in [0.15, 0.2) is 11.9 Å². The Morgan fingerprint density at radius 3 is 2.47 bits per heavy atom. The van der Waals surface area contributed by atoms with Crippen LogP contribution in [0.3, 0.4) is 0 Å². The fourth-order valence-corrected chi connectivity index (χ4v) is 3.45. The summed E-state index contributed by atoms with van der Waals surface area (Å²) < 4.78 is 21.9. The van der Waals surface area contributed by atoms with E-state index in [4.69, 9.17) is 18.6 Å². The summed E-state index contributed by atoms with van der Waals surface area (Å²) in [7, 11) is 1.47. The molecular formula is C22H20O10. The lowest BCUT2D eigenvalue weighted by Crippen LogP contribution is -2.61. The van der Waals surface area contributed by atoms with E-state index in [0.29, 0.717) is 11.3 Å². The first-order valence-corrected chi connectivity index (χ1v) is 9.61. The van der Waals surface area contributed by atoms with Crippen molar-refractivity contribution in [3.63, 3.8) is 0 Å². The number of carboxylic acid groups (broad SMARTS) is 1. The van der Waals surface area contributed by atoms with Gasteiger partial charge in [-0.1, -0.05) is 24.3 Å². The molecule has 0 bridgehead atoms. The van der Waals surface area contributed by atoms with Gasteiger partial charge in [-0.25, -0.2) is 4.79 Å². The SMILES string of the molecule is COc1cccc(-c2oc3ccccc3c(=O)c2OC2O[C@H](C(=O)O)[C@@H](O)[C@H](O)[C@H]2O)c1. The molecule has 1 aromatic heterocycles. The molecule has 1 saturated heterocycles. The molecule has 5 atom stereocenters. The number of carboxylic acids is 1. The van der Waals surface area contributed by atoms with Crippen LogP contribution in [0.5, 0.6) is 11.5 Å². The van der Waals surface area contributed by atoms with Gasteiger partial charge in [0.1, 0.15) is 29.6 Å². The minimum absolute atomic E-state index is 0.0177. The van der Waals surface area contributed by atoms with Gasteiger partial charge < -0.3 is 39.1 Å². The number of ether oxygens (including phenoxy) is 3. The number of carbonyl (C=O) groups is 1. The van der Waals surface area contributed by atoms with Crippen molar-refractivity contribution in [3.8, 4) is 22.8 Å². The summed E-state index contributed by atoms with van der Waals surface area (Å²) in [6.07, 6.45) is -9.28. The first-order chi connectivity index (χ1) is 15.3. The highest BCUT2D eigenvalue weighted by Crippen LogP contribution is 2.34. The number of fused-ring (bicyclic) bond motifs is 1. The monoisotopic (exact) mass is 444 g/mol. The number of hydrogen-bond acceptors (Lipinski definition) is 9. The molecule has 3 aromatic rings. The van der Waals surface area contributed by atoms with Crippen molar-refractivity contribution in [1.82, 2.24) is 0 Å². The zero-order valence-corrected chi connectivity index (χ0v) is 16.7. The minimum atomic E-state index is -1.90. The number of aliphatic hydroxyl groups excluding tert-OH is 3. The van der Waals surface area contributed by atoms with Gasteiger partial charge in [0.2, 0.25) is 17.5 Å². The number of rotatable bonds is 5. The molecule has 1 aliphatic rings. The fraction of sp³-hybridized carbons (Fsp3) is 0.273. The predicted octanol–water partition coefficient (Wildman–Crippen LogP) is 0.740. The molecule has 0 radical (unpaired) electrons. The topological polar surface area (TPSA) is 156 Å². The largest absolute Gasteiger partial charge is 0.497 e. The molecule has 0 aliphatic carbocycles. The average molecular weight is 444 g/mol. The molecule has 32 heavy (non-hydrogen) atoms. The summed E-state index contributed by atoms with van der Waals surface area (Å²) in [5, 5.41) is 39.7. The van der Waals surface area contributed by atoms with Gasteiger partial charge >= 0.3 is 5.97 Å². The van der Waals surface area contributed by atoms with Crippen molar-refractivity contribution in [2.75, 3.05) is 7.11 Å². The molecule has 0 amide bonds. The molecule has 1 aliphatic heterocycles. The maximum atomic E-state index is 13.2. The van der Waals surface area contributed by atoms with Gasteiger partial charge in [-0.15, -0.1) is 0 Å². The Labute approximate surface area is 180 Å². The molecule has 2 aromatic carbocycles. The smallest absolute Gasteiger partial charge is 0.335 e. The van der Waals surface area contributed by atoms with Crippen LogP contribution in [0.25, 0.3) is 22.3 Å². The van der Waals surface area contributed by atoms with Crippen LogP contribution < -0.4 is 14.9 Å². The third kappa shape index (κ3) is 3.80. The lowest BCUT2D eigenvalue weighted by atomic mass is 9.99. The van der Waals surface area contributed by atoms with Gasteiger partial charge in [0.05, 0.1) is 12.5 Å². The number of methoxy groups -OCH3 is 1. The Bertz CT molecular complexity index is 1200. The van der Waals surface area contributed by atoms with Crippen molar-refractivity contribution in [2.45, 2.75) is 30.7 Å². The van der Waals surface area contributed by atoms with Crippen molar-refractivity contribution >= 4 is 16.9 Å². The zero-order valence-electron chi connectivity index (χ0n) is 16.7. The molecule has 1 fully saturated rings. The Kier molecular flexibility index (Phi) is 5.85. The Morgan fingerprint density at radius 1 is 1.00 bits per heavy atom. The fourth-order valence-electron chi connectivity index (χ4n) is 3.45. The lowest BCUT2D eigenvalue weighted by molar-refractivity contribution is -0.271. The summed E-state index contributed by atoms with van der Waals surface area (Å²) in [6, 6.07) is 13.0. The molecule has 10 nitrogen and oxygen atoms in total. The van der Waals surface area contributed by atoms with Gasteiger partial charge in [-0.2, -0.15) is 0 Å². The summed E-state index contributed by atoms with van der Waals surface area (Å²) in [4.78, 5) is 24.6. The third-order valence-corrected chi connectivity index (χ3v) is 5.14. The van der Waals surface area contributed by atoms with E-state index in [1.807, 2.05) is 0 Å². The maximum absolute atomic E-state index is 13.2. The van der Waals surface area contributed by atoms with Crippen molar-refractivity contribution in [3.05, 3.63) is 58.8 Å². The predicted molar refractivity (Wildman–Crippen MR) is 109 cm³/mol. The first-order valence-electron chi connectivity index (χ1n) is 9.61. The number of benzene rings is 2. The van der Waals surface area contributed by atoms with Gasteiger partial charge in [0, 0.05) is 5.56 Å². The summed E-state index contributed by atoms with van der Waals surface area (Å²) in [5.74, 6) is -1.48. The van der Waals surface area contributed by atoms with E-state index in [0.717, 1.165) is 0 Å². The van der Waals surface area contributed by atoms with Crippen LogP contribution in [-0.2, 0) is 9.53 Å². The highest BCUT2D eigenvalue weighted by molar-refractivity contribution is 5.82. The van der Waals surface area contributed by atoms with E-state index >= 15 is 0 Å². The highest BCUT2D eigenvalue weighted by atomic mass is 16.7. The molecule has 168 valence electrons. The van der Waals surface area contributed by atoms with Crippen LogP contribution in [0.4, 0.5) is 0 Å². The molecule has 0 saturated carbocycles. The Balaban J connectivity index is 1.84. The number of hydrogen-bond donors (Lipinski definition) is 4. The first kappa shape index (κ1) is 21.8. The molecule has 2 heterocycles. The number of para-hydroxylation sites is 1. The van der Waals surface area contributed by atoms with Crippen LogP contribution in [0.15, 0.2) is 57.7 Å². The van der Waals surface area contributed by atoms with E-state index in [-0.39, 0.29) is 22.5 Å². The van der Waals surface area contributed by atoms with Crippen molar-refractivity contribution in [1.29, 1.82) is 0 Å². The highest BCUT2D eigenvalue weighted by Gasteiger charge is 2.48. The van der Waals surface area contributed by atoms with Crippen LogP contribution >= 0.6 is 0 Å². The Hall–Kier alpha value is -3.44. The third-order valence-electron chi connectivity index (χ3n) is 5.14. The van der Waals surface area contributed by atoms with Gasteiger partial charge in [0.25, 0.3) is 0 Å². The quantitative estimate of drug-likeness (QED) is 0.443.